The summed E-state index contributed by atoms with van der Waals surface area (Å²) in [7, 11) is 0. The lowest BCUT2D eigenvalue weighted by Gasteiger charge is -2.03. The lowest BCUT2D eigenvalue weighted by molar-refractivity contribution is 0.364. The van der Waals surface area contributed by atoms with Crippen molar-refractivity contribution >= 4 is 0 Å². The van der Waals surface area contributed by atoms with Gasteiger partial charge in [0, 0.05) is 18.0 Å². The molecule has 0 radical (unpaired) electrons. The summed E-state index contributed by atoms with van der Waals surface area (Å²) in [4.78, 5) is 8.54. The summed E-state index contributed by atoms with van der Waals surface area (Å²) in [5, 5.41) is 7.32. The van der Waals surface area contributed by atoms with E-state index in [1.165, 1.54) is 0 Å². The molecule has 5 nitrogen and oxygen atoms in total. The summed E-state index contributed by atoms with van der Waals surface area (Å²) in [6.07, 6.45) is 4.50. The molecule has 0 saturated carbocycles. The van der Waals surface area contributed by atoms with Gasteiger partial charge in [-0.3, -0.25) is 4.98 Å². The molecule has 0 spiro atoms. The SMILES string of the molecule is CCc1cnccc1-c1noc(CNCC(C)C)n1. The normalized spacial score (nSPS) is 11.2. The Bertz CT molecular complexity index is 522. The zero-order valence-corrected chi connectivity index (χ0v) is 11.7. The monoisotopic (exact) mass is 260 g/mol. The van der Waals surface area contributed by atoms with Gasteiger partial charge in [0.15, 0.2) is 0 Å². The van der Waals surface area contributed by atoms with Gasteiger partial charge in [-0.05, 0) is 30.5 Å². The maximum absolute atomic E-state index is 5.26. The number of aryl methyl sites for hydroxylation is 1. The first-order chi connectivity index (χ1) is 9.20. The molecule has 0 aliphatic heterocycles. The smallest absolute Gasteiger partial charge is 0.240 e. The number of rotatable bonds is 6. The lowest BCUT2D eigenvalue weighted by atomic mass is 10.1. The van der Waals surface area contributed by atoms with E-state index >= 15 is 0 Å². The van der Waals surface area contributed by atoms with Crippen LogP contribution in [0.15, 0.2) is 23.0 Å². The Labute approximate surface area is 113 Å². The first kappa shape index (κ1) is 13.7. The summed E-state index contributed by atoms with van der Waals surface area (Å²) in [5.41, 5.74) is 2.13. The van der Waals surface area contributed by atoms with Crippen LogP contribution in [0.2, 0.25) is 0 Å². The van der Waals surface area contributed by atoms with Crippen LogP contribution in [-0.2, 0) is 13.0 Å². The third kappa shape index (κ3) is 3.61. The average molecular weight is 260 g/mol. The van der Waals surface area contributed by atoms with Gasteiger partial charge in [0.2, 0.25) is 11.7 Å². The van der Waals surface area contributed by atoms with Crippen molar-refractivity contribution < 1.29 is 4.52 Å². The van der Waals surface area contributed by atoms with Gasteiger partial charge in [-0.15, -0.1) is 0 Å². The number of nitrogens with zero attached hydrogens (tertiary/aromatic N) is 3. The van der Waals surface area contributed by atoms with Crippen molar-refractivity contribution in [2.75, 3.05) is 6.54 Å². The van der Waals surface area contributed by atoms with Crippen molar-refractivity contribution in [2.24, 2.45) is 5.92 Å². The fraction of sp³-hybridized carbons (Fsp3) is 0.500. The van der Waals surface area contributed by atoms with Crippen LogP contribution >= 0.6 is 0 Å². The maximum Gasteiger partial charge on any atom is 0.240 e. The first-order valence-corrected chi connectivity index (χ1v) is 6.67. The quantitative estimate of drug-likeness (QED) is 0.864. The minimum absolute atomic E-state index is 0.606. The van der Waals surface area contributed by atoms with Crippen LogP contribution in [0.25, 0.3) is 11.4 Å². The number of hydrogen-bond acceptors (Lipinski definition) is 5. The molecule has 2 rings (SSSR count). The van der Waals surface area contributed by atoms with E-state index in [9.17, 15) is 0 Å². The highest BCUT2D eigenvalue weighted by Gasteiger charge is 2.11. The zero-order chi connectivity index (χ0) is 13.7. The standard InChI is InChI=1S/C14H20N4O/c1-4-11-8-15-6-5-12(11)14-17-13(19-18-14)9-16-7-10(2)3/h5-6,8,10,16H,4,7,9H2,1-3H3. The molecule has 0 unspecified atom stereocenters. The Morgan fingerprint density at radius 2 is 2.21 bits per heavy atom. The number of pyridine rings is 1. The molecule has 2 aromatic heterocycles. The molecule has 0 fully saturated rings. The van der Waals surface area contributed by atoms with E-state index < -0.39 is 0 Å². The minimum Gasteiger partial charge on any atom is -0.338 e. The predicted molar refractivity (Wildman–Crippen MR) is 73.5 cm³/mol. The Kier molecular flexibility index (Phi) is 4.63. The number of hydrogen-bond donors (Lipinski definition) is 1. The van der Waals surface area contributed by atoms with E-state index in [1.807, 2.05) is 12.3 Å². The van der Waals surface area contributed by atoms with Gasteiger partial charge in [0.1, 0.15) is 0 Å². The summed E-state index contributed by atoms with van der Waals surface area (Å²) < 4.78 is 5.26. The average Bonchev–Trinajstić information content (AvgIpc) is 2.87. The van der Waals surface area contributed by atoms with Crippen molar-refractivity contribution in [3.8, 4) is 11.4 Å². The Balaban J connectivity index is 2.08. The Hall–Kier alpha value is -1.75. The van der Waals surface area contributed by atoms with Crippen molar-refractivity contribution in [3.05, 3.63) is 29.9 Å². The molecule has 0 atom stereocenters. The van der Waals surface area contributed by atoms with Crippen LogP contribution in [0, 0.1) is 5.92 Å². The molecule has 19 heavy (non-hydrogen) atoms. The molecule has 0 aliphatic carbocycles. The Morgan fingerprint density at radius 1 is 1.37 bits per heavy atom. The zero-order valence-electron chi connectivity index (χ0n) is 11.7. The summed E-state index contributed by atoms with van der Waals surface area (Å²) in [6, 6.07) is 1.93. The van der Waals surface area contributed by atoms with Gasteiger partial charge in [-0.1, -0.05) is 25.9 Å². The van der Waals surface area contributed by atoms with Gasteiger partial charge in [0.25, 0.3) is 0 Å². The van der Waals surface area contributed by atoms with Crippen molar-refractivity contribution in [1.82, 2.24) is 20.4 Å². The van der Waals surface area contributed by atoms with Crippen molar-refractivity contribution in [1.29, 1.82) is 0 Å². The second-order valence-electron chi connectivity index (χ2n) is 4.92. The molecule has 5 heteroatoms. The molecule has 2 heterocycles. The third-order valence-corrected chi connectivity index (χ3v) is 2.82. The van der Waals surface area contributed by atoms with Gasteiger partial charge in [-0.2, -0.15) is 4.98 Å². The molecule has 0 aliphatic rings. The molecule has 0 aromatic carbocycles. The summed E-state index contributed by atoms with van der Waals surface area (Å²) in [6.45, 7) is 7.96. The van der Waals surface area contributed by atoms with E-state index in [0.717, 1.165) is 24.1 Å². The van der Waals surface area contributed by atoms with Crippen molar-refractivity contribution in [3.63, 3.8) is 0 Å². The van der Waals surface area contributed by atoms with Gasteiger partial charge >= 0.3 is 0 Å². The third-order valence-electron chi connectivity index (χ3n) is 2.82. The minimum atomic E-state index is 0.606. The number of nitrogens with one attached hydrogen (secondary N) is 1. The van der Waals surface area contributed by atoms with Crippen LogP contribution < -0.4 is 5.32 Å². The molecular weight excluding hydrogens is 240 g/mol. The van der Waals surface area contributed by atoms with Crippen LogP contribution in [0.3, 0.4) is 0 Å². The van der Waals surface area contributed by atoms with Crippen LogP contribution in [0.4, 0.5) is 0 Å². The van der Waals surface area contributed by atoms with Crippen molar-refractivity contribution in [2.45, 2.75) is 33.7 Å². The van der Waals surface area contributed by atoms with Gasteiger partial charge < -0.3 is 9.84 Å². The van der Waals surface area contributed by atoms with Crippen LogP contribution in [0.5, 0.6) is 0 Å². The lowest BCUT2D eigenvalue weighted by Crippen LogP contribution is -2.19. The highest BCUT2D eigenvalue weighted by atomic mass is 16.5. The molecule has 1 N–H and O–H groups in total. The summed E-state index contributed by atoms with van der Waals surface area (Å²) >= 11 is 0. The topological polar surface area (TPSA) is 63.8 Å². The van der Waals surface area contributed by atoms with Crippen LogP contribution in [-0.4, -0.2) is 21.7 Å². The molecule has 2 aromatic rings. The molecule has 0 bridgehead atoms. The van der Waals surface area contributed by atoms with Crippen LogP contribution in [0.1, 0.15) is 32.2 Å². The Morgan fingerprint density at radius 3 is 2.95 bits per heavy atom. The predicted octanol–water partition coefficient (Wildman–Crippen LogP) is 2.44. The van der Waals surface area contributed by atoms with E-state index in [4.69, 9.17) is 4.52 Å². The largest absolute Gasteiger partial charge is 0.338 e. The molecule has 0 saturated heterocycles. The second-order valence-corrected chi connectivity index (χ2v) is 4.92. The van der Waals surface area contributed by atoms with E-state index in [-0.39, 0.29) is 0 Å². The molecule has 102 valence electrons. The van der Waals surface area contributed by atoms with E-state index in [2.05, 4.69) is 41.2 Å². The highest BCUT2D eigenvalue weighted by molar-refractivity contribution is 5.58. The molecule has 0 amide bonds. The van der Waals surface area contributed by atoms with E-state index in [1.54, 1.807) is 6.20 Å². The molecular formula is C14H20N4O. The highest BCUT2D eigenvalue weighted by Crippen LogP contribution is 2.20. The fourth-order valence-corrected chi connectivity index (χ4v) is 1.83. The van der Waals surface area contributed by atoms with Gasteiger partial charge in [0.05, 0.1) is 6.54 Å². The first-order valence-electron chi connectivity index (χ1n) is 6.67. The van der Waals surface area contributed by atoms with E-state index in [0.29, 0.717) is 24.2 Å². The summed E-state index contributed by atoms with van der Waals surface area (Å²) in [5.74, 6) is 1.87. The fourth-order valence-electron chi connectivity index (χ4n) is 1.83. The second kappa shape index (κ2) is 6.43. The van der Waals surface area contributed by atoms with Gasteiger partial charge in [-0.25, -0.2) is 0 Å². The number of aromatic nitrogens is 3. The maximum atomic E-state index is 5.26.